The lowest BCUT2D eigenvalue weighted by Crippen LogP contribution is -2.55. The van der Waals surface area contributed by atoms with E-state index in [2.05, 4.69) is 36.4 Å². The summed E-state index contributed by atoms with van der Waals surface area (Å²) in [5.41, 5.74) is -0.294. The minimum absolute atomic E-state index is 0.193. The summed E-state index contributed by atoms with van der Waals surface area (Å²) in [5, 5.41) is 6.52. The Labute approximate surface area is 110 Å². The molecule has 1 saturated heterocycles. The van der Waals surface area contributed by atoms with E-state index in [0.29, 0.717) is 6.04 Å². The van der Waals surface area contributed by atoms with Crippen molar-refractivity contribution in [3.63, 3.8) is 0 Å². The Hall–Kier alpha value is -0.610. The van der Waals surface area contributed by atoms with Gasteiger partial charge in [0.25, 0.3) is 0 Å². The van der Waals surface area contributed by atoms with E-state index in [0.717, 1.165) is 38.4 Å². The van der Waals surface area contributed by atoms with Gasteiger partial charge in [-0.3, -0.25) is 9.69 Å². The summed E-state index contributed by atoms with van der Waals surface area (Å²) in [5.74, 6) is 0.193. The third kappa shape index (κ3) is 2.86. The van der Waals surface area contributed by atoms with Crippen LogP contribution in [0.2, 0.25) is 0 Å². The van der Waals surface area contributed by atoms with Gasteiger partial charge in [0.05, 0.1) is 5.54 Å². The van der Waals surface area contributed by atoms with Crippen LogP contribution in [0, 0.1) is 0 Å². The number of hydrogen-bond donors (Lipinski definition) is 2. The number of nitrogens with one attached hydrogen (secondary N) is 2. The molecule has 0 aromatic rings. The first-order valence-corrected chi connectivity index (χ1v) is 7.34. The Morgan fingerprint density at radius 3 is 2.78 bits per heavy atom. The second kappa shape index (κ2) is 5.57. The second-order valence-electron chi connectivity index (χ2n) is 5.92. The molecular weight excluding hydrogens is 226 g/mol. The highest BCUT2D eigenvalue weighted by molar-refractivity contribution is 5.86. The fourth-order valence-corrected chi connectivity index (χ4v) is 2.86. The smallest absolute Gasteiger partial charge is 0.240 e. The van der Waals surface area contributed by atoms with Crippen LogP contribution >= 0.6 is 0 Å². The van der Waals surface area contributed by atoms with Gasteiger partial charge in [0, 0.05) is 18.6 Å². The topological polar surface area (TPSA) is 44.4 Å². The molecule has 1 amide bonds. The zero-order chi connectivity index (χ0) is 13.2. The first-order valence-electron chi connectivity index (χ1n) is 7.34. The minimum atomic E-state index is -0.294. The van der Waals surface area contributed by atoms with E-state index in [1.165, 1.54) is 12.8 Å². The minimum Gasteiger partial charge on any atom is -0.353 e. The zero-order valence-electron chi connectivity index (χ0n) is 12.0. The van der Waals surface area contributed by atoms with Crippen LogP contribution in [0.5, 0.6) is 0 Å². The van der Waals surface area contributed by atoms with Crippen LogP contribution in [0.15, 0.2) is 0 Å². The normalized spacial score (nSPS) is 29.6. The van der Waals surface area contributed by atoms with Crippen LogP contribution in [0.1, 0.15) is 46.0 Å². The van der Waals surface area contributed by atoms with Gasteiger partial charge in [-0.15, -0.1) is 0 Å². The Morgan fingerprint density at radius 2 is 2.28 bits per heavy atom. The molecule has 1 saturated carbocycles. The van der Waals surface area contributed by atoms with E-state index in [1.807, 2.05) is 0 Å². The van der Waals surface area contributed by atoms with Crippen LogP contribution in [-0.4, -0.2) is 48.6 Å². The first-order chi connectivity index (χ1) is 8.59. The van der Waals surface area contributed by atoms with Crippen molar-refractivity contribution < 1.29 is 4.79 Å². The molecule has 0 spiro atoms. The van der Waals surface area contributed by atoms with Gasteiger partial charge in [-0.25, -0.2) is 0 Å². The standard InChI is InChI=1S/C14H27N3O/c1-4-14(8-5-9-16-14)13(18)15-10-11(2)17(3)12-6-7-12/h11-12,16H,4-10H2,1-3H3,(H,15,18). The molecule has 2 rings (SSSR count). The molecule has 4 nitrogen and oxygen atoms in total. The number of carbonyl (C=O) groups is 1. The lowest BCUT2D eigenvalue weighted by molar-refractivity contribution is -0.127. The maximum absolute atomic E-state index is 12.3. The molecule has 2 N–H and O–H groups in total. The molecule has 18 heavy (non-hydrogen) atoms. The van der Waals surface area contributed by atoms with Crippen LogP contribution in [-0.2, 0) is 4.79 Å². The van der Waals surface area contributed by atoms with Crippen molar-refractivity contribution >= 4 is 5.91 Å². The van der Waals surface area contributed by atoms with E-state index >= 15 is 0 Å². The first kappa shape index (κ1) is 13.8. The summed E-state index contributed by atoms with van der Waals surface area (Å²) in [6.07, 6.45) is 5.59. The van der Waals surface area contributed by atoms with E-state index < -0.39 is 0 Å². The van der Waals surface area contributed by atoms with E-state index in [4.69, 9.17) is 0 Å². The third-order valence-corrected chi connectivity index (χ3v) is 4.66. The van der Waals surface area contributed by atoms with E-state index in [9.17, 15) is 4.79 Å². The molecular formula is C14H27N3O. The number of amides is 1. The van der Waals surface area contributed by atoms with Gasteiger partial charge in [0.1, 0.15) is 0 Å². The van der Waals surface area contributed by atoms with Crippen molar-refractivity contribution in [2.75, 3.05) is 20.1 Å². The molecule has 2 atom stereocenters. The highest BCUT2D eigenvalue weighted by Crippen LogP contribution is 2.27. The van der Waals surface area contributed by atoms with Crippen molar-refractivity contribution in [1.29, 1.82) is 0 Å². The lowest BCUT2D eigenvalue weighted by Gasteiger charge is -2.29. The summed E-state index contributed by atoms with van der Waals surface area (Å²) < 4.78 is 0. The van der Waals surface area contributed by atoms with Crippen molar-refractivity contribution in [2.24, 2.45) is 0 Å². The summed E-state index contributed by atoms with van der Waals surface area (Å²) in [6.45, 7) is 6.02. The predicted octanol–water partition coefficient (Wildman–Crippen LogP) is 1.12. The van der Waals surface area contributed by atoms with Crippen LogP contribution in [0.3, 0.4) is 0 Å². The van der Waals surface area contributed by atoms with Crippen LogP contribution < -0.4 is 10.6 Å². The lowest BCUT2D eigenvalue weighted by atomic mass is 9.93. The fraction of sp³-hybridized carbons (Fsp3) is 0.929. The molecule has 104 valence electrons. The number of nitrogens with zero attached hydrogens (tertiary/aromatic N) is 1. The average Bonchev–Trinajstić information content (AvgIpc) is 3.12. The van der Waals surface area contributed by atoms with Gasteiger partial charge in [-0.1, -0.05) is 6.92 Å². The second-order valence-corrected chi connectivity index (χ2v) is 5.92. The SMILES string of the molecule is CCC1(C(=O)NCC(C)N(C)C2CC2)CCCN1. The molecule has 1 aliphatic carbocycles. The van der Waals surface area contributed by atoms with Crippen molar-refractivity contribution in [3.8, 4) is 0 Å². The van der Waals surface area contributed by atoms with Gasteiger partial charge in [-0.2, -0.15) is 0 Å². The van der Waals surface area contributed by atoms with Gasteiger partial charge in [-0.05, 0) is 52.6 Å². The number of hydrogen-bond acceptors (Lipinski definition) is 3. The van der Waals surface area contributed by atoms with Crippen LogP contribution in [0.4, 0.5) is 0 Å². The number of rotatable bonds is 6. The van der Waals surface area contributed by atoms with Crippen molar-refractivity contribution in [3.05, 3.63) is 0 Å². The number of carbonyl (C=O) groups excluding carboxylic acids is 1. The fourth-order valence-electron chi connectivity index (χ4n) is 2.86. The Bertz CT molecular complexity index is 295. The third-order valence-electron chi connectivity index (χ3n) is 4.66. The Balaban J connectivity index is 1.79. The van der Waals surface area contributed by atoms with E-state index in [1.54, 1.807) is 0 Å². The number of likely N-dealkylation sites (N-methyl/N-ethyl adjacent to an activating group) is 1. The molecule has 4 heteroatoms. The summed E-state index contributed by atoms with van der Waals surface area (Å²) in [7, 11) is 2.16. The van der Waals surface area contributed by atoms with Gasteiger partial charge < -0.3 is 10.6 Å². The molecule has 0 aromatic heterocycles. The maximum Gasteiger partial charge on any atom is 0.240 e. The van der Waals surface area contributed by atoms with E-state index in [-0.39, 0.29) is 11.4 Å². The average molecular weight is 253 g/mol. The summed E-state index contributed by atoms with van der Waals surface area (Å²) >= 11 is 0. The van der Waals surface area contributed by atoms with Gasteiger partial charge in [0.2, 0.25) is 5.91 Å². The van der Waals surface area contributed by atoms with Crippen molar-refractivity contribution in [2.45, 2.75) is 63.6 Å². The molecule has 0 aromatic carbocycles. The molecule has 2 fully saturated rings. The molecule has 1 heterocycles. The molecule has 0 radical (unpaired) electrons. The summed E-state index contributed by atoms with van der Waals surface area (Å²) in [4.78, 5) is 14.7. The molecule has 1 aliphatic heterocycles. The zero-order valence-corrected chi connectivity index (χ0v) is 12.0. The summed E-state index contributed by atoms with van der Waals surface area (Å²) in [6, 6.07) is 1.18. The quantitative estimate of drug-likeness (QED) is 0.745. The van der Waals surface area contributed by atoms with Gasteiger partial charge >= 0.3 is 0 Å². The molecule has 2 aliphatic rings. The highest BCUT2D eigenvalue weighted by atomic mass is 16.2. The Morgan fingerprint density at radius 1 is 1.56 bits per heavy atom. The van der Waals surface area contributed by atoms with Crippen molar-refractivity contribution in [1.82, 2.24) is 15.5 Å². The monoisotopic (exact) mass is 253 g/mol. The Kier molecular flexibility index (Phi) is 4.28. The maximum atomic E-state index is 12.3. The highest BCUT2D eigenvalue weighted by Gasteiger charge is 2.39. The molecule has 2 unspecified atom stereocenters. The van der Waals surface area contributed by atoms with Crippen LogP contribution in [0.25, 0.3) is 0 Å². The predicted molar refractivity (Wildman–Crippen MR) is 73.5 cm³/mol. The van der Waals surface area contributed by atoms with Gasteiger partial charge in [0.15, 0.2) is 0 Å². The molecule has 0 bridgehead atoms. The largest absolute Gasteiger partial charge is 0.353 e.